The summed E-state index contributed by atoms with van der Waals surface area (Å²) >= 11 is 1.44. The summed E-state index contributed by atoms with van der Waals surface area (Å²) in [6.45, 7) is 5.86. The average Bonchev–Trinajstić information content (AvgIpc) is 3.02. The predicted octanol–water partition coefficient (Wildman–Crippen LogP) is 2.85. The van der Waals surface area contributed by atoms with Crippen molar-refractivity contribution in [1.82, 2.24) is 9.36 Å². The summed E-state index contributed by atoms with van der Waals surface area (Å²) in [5, 5.41) is 4.18. The van der Waals surface area contributed by atoms with Crippen molar-refractivity contribution in [2.45, 2.75) is 39.2 Å². The van der Waals surface area contributed by atoms with Gasteiger partial charge in [0.15, 0.2) is 5.82 Å². The fourth-order valence-corrected chi connectivity index (χ4v) is 2.28. The Bertz CT molecular complexity index is 325. The highest BCUT2D eigenvalue weighted by molar-refractivity contribution is 7.09. The van der Waals surface area contributed by atoms with E-state index in [0.29, 0.717) is 5.92 Å². The first kappa shape index (κ1) is 11.8. The van der Waals surface area contributed by atoms with E-state index in [2.05, 4.69) is 21.6 Å². The topological polar surface area (TPSA) is 47.0 Å². The first-order valence-electron chi connectivity index (χ1n) is 6.04. The Kier molecular flexibility index (Phi) is 4.12. The molecule has 16 heavy (non-hydrogen) atoms. The maximum absolute atomic E-state index is 5.72. The van der Waals surface area contributed by atoms with Crippen LogP contribution in [0.2, 0.25) is 0 Å². The number of nitrogens with zero attached hydrogens (tertiary/aromatic N) is 2. The lowest BCUT2D eigenvalue weighted by Crippen LogP contribution is -2.08. The highest BCUT2D eigenvalue weighted by Crippen LogP contribution is 2.42. The maximum atomic E-state index is 5.72. The van der Waals surface area contributed by atoms with E-state index < -0.39 is 0 Å². The minimum atomic E-state index is 0.124. The summed E-state index contributed by atoms with van der Waals surface area (Å²) in [5.41, 5.74) is 0. The van der Waals surface area contributed by atoms with E-state index in [4.69, 9.17) is 4.74 Å². The van der Waals surface area contributed by atoms with E-state index in [-0.39, 0.29) is 6.10 Å². The molecule has 0 saturated heterocycles. The van der Waals surface area contributed by atoms with Crippen LogP contribution < -0.4 is 5.32 Å². The van der Waals surface area contributed by atoms with Crippen LogP contribution in [0.25, 0.3) is 0 Å². The molecule has 0 bridgehead atoms. The molecule has 90 valence electrons. The van der Waals surface area contributed by atoms with Crippen molar-refractivity contribution in [2.75, 3.05) is 18.5 Å². The molecule has 1 N–H and O–H groups in total. The van der Waals surface area contributed by atoms with Crippen LogP contribution in [-0.4, -0.2) is 22.5 Å². The SMILES string of the molecule is CCCNc1nc(C(OCC)C2CC2)ns1. The molecular weight excluding hydrogens is 222 g/mol. The molecule has 1 atom stereocenters. The van der Waals surface area contributed by atoms with E-state index in [1.54, 1.807) is 0 Å². The van der Waals surface area contributed by atoms with Gasteiger partial charge in [-0.15, -0.1) is 0 Å². The number of rotatable bonds is 7. The van der Waals surface area contributed by atoms with Crippen LogP contribution in [0.3, 0.4) is 0 Å². The Hall–Kier alpha value is -0.680. The molecule has 5 heteroatoms. The van der Waals surface area contributed by atoms with Gasteiger partial charge in [0.1, 0.15) is 6.10 Å². The molecule has 2 rings (SSSR count). The average molecular weight is 241 g/mol. The van der Waals surface area contributed by atoms with Gasteiger partial charge in [0.2, 0.25) is 5.13 Å². The summed E-state index contributed by atoms with van der Waals surface area (Å²) in [6, 6.07) is 0. The Morgan fingerprint density at radius 2 is 2.31 bits per heavy atom. The smallest absolute Gasteiger partial charge is 0.202 e. The van der Waals surface area contributed by atoms with E-state index in [9.17, 15) is 0 Å². The zero-order chi connectivity index (χ0) is 11.4. The van der Waals surface area contributed by atoms with Crippen molar-refractivity contribution in [3.05, 3.63) is 5.82 Å². The van der Waals surface area contributed by atoms with E-state index in [1.807, 2.05) is 6.92 Å². The standard InChI is InChI=1S/C11H19N3OS/c1-3-7-12-11-13-10(14-16-11)9(15-4-2)8-5-6-8/h8-9H,3-7H2,1-2H3,(H,12,13,14). The number of nitrogens with one attached hydrogen (secondary N) is 1. The summed E-state index contributed by atoms with van der Waals surface area (Å²) in [4.78, 5) is 4.50. The monoisotopic (exact) mass is 241 g/mol. The van der Waals surface area contributed by atoms with Gasteiger partial charge in [0.05, 0.1) is 0 Å². The normalized spacial score (nSPS) is 17.4. The van der Waals surface area contributed by atoms with E-state index in [0.717, 1.165) is 30.5 Å². The lowest BCUT2D eigenvalue weighted by Gasteiger charge is -2.11. The van der Waals surface area contributed by atoms with Crippen molar-refractivity contribution in [3.8, 4) is 0 Å². The number of anilines is 1. The molecule has 0 aliphatic heterocycles. The number of ether oxygens (including phenoxy) is 1. The predicted molar refractivity (Wildman–Crippen MR) is 65.8 cm³/mol. The van der Waals surface area contributed by atoms with Crippen molar-refractivity contribution in [1.29, 1.82) is 0 Å². The minimum absolute atomic E-state index is 0.124. The summed E-state index contributed by atoms with van der Waals surface area (Å²) < 4.78 is 10.1. The third kappa shape index (κ3) is 2.92. The highest BCUT2D eigenvalue weighted by atomic mass is 32.1. The van der Waals surface area contributed by atoms with Gasteiger partial charge in [-0.1, -0.05) is 6.92 Å². The Morgan fingerprint density at radius 3 is 2.94 bits per heavy atom. The van der Waals surface area contributed by atoms with Crippen LogP contribution in [0.15, 0.2) is 0 Å². The Balaban J connectivity index is 1.97. The molecule has 0 amide bonds. The molecule has 0 spiro atoms. The van der Waals surface area contributed by atoms with Gasteiger partial charge in [-0.3, -0.25) is 0 Å². The first-order valence-corrected chi connectivity index (χ1v) is 6.81. The van der Waals surface area contributed by atoms with Crippen LogP contribution >= 0.6 is 11.5 Å². The summed E-state index contributed by atoms with van der Waals surface area (Å²) in [6.07, 6.45) is 3.73. The van der Waals surface area contributed by atoms with Crippen molar-refractivity contribution < 1.29 is 4.74 Å². The zero-order valence-electron chi connectivity index (χ0n) is 9.90. The number of hydrogen-bond donors (Lipinski definition) is 1. The second kappa shape index (κ2) is 5.59. The fraction of sp³-hybridized carbons (Fsp3) is 0.818. The second-order valence-corrected chi connectivity index (χ2v) is 4.85. The van der Waals surface area contributed by atoms with Crippen molar-refractivity contribution >= 4 is 16.7 Å². The van der Waals surface area contributed by atoms with Crippen molar-refractivity contribution in [3.63, 3.8) is 0 Å². The molecule has 1 aliphatic rings. The Morgan fingerprint density at radius 1 is 1.50 bits per heavy atom. The van der Waals surface area contributed by atoms with Gasteiger partial charge in [-0.05, 0) is 32.1 Å². The quantitative estimate of drug-likeness (QED) is 0.797. The molecule has 1 aromatic rings. The lowest BCUT2D eigenvalue weighted by atomic mass is 10.2. The molecule has 1 saturated carbocycles. The summed E-state index contributed by atoms with van der Waals surface area (Å²) in [7, 11) is 0. The number of hydrogen-bond acceptors (Lipinski definition) is 5. The molecule has 1 aliphatic carbocycles. The van der Waals surface area contributed by atoms with Crippen LogP contribution in [-0.2, 0) is 4.74 Å². The molecule has 1 unspecified atom stereocenters. The molecule has 1 aromatic heterocycles. The van der Waals surface area contributed by atoms with Crippen LogP contribution in [0.5, 0.6) is 0 Å². The molecule has 4 nitrogen and oxygen atoms in total. The van der Waals surface area contributed by atoms with Crippen LogP contribution in [0, 0.1) is 5.92 Å². The second-order valence-electron chi connectivity index (χ2n) is 4.10. The largest absolute Gasteiger partial charge is 0.370 e. The van der Waals surface area contributed by atoms with Gasteiger partial charge in [-0.25, -0.2) is 4.98 Å². The molecule has 0 aromatic carbocycles. The van der Waals surface area contributed by atoms with Crippen LogP contribution in [0.1, 0.15) is 45.0 Å². The highest BCUT2D eigenvalue weighted by Gasteiger charge is 2.35. The fourth-order valence-electron chi connectivity index (χ4n) is 1.65. The van der Waals surface area contributed by atoms with Crippen molar-refractivity contribution in [2.24, 2.45) is 5.92 Å². The third-order valence-corrected chi connectivity index (χ3v) is 3.31. The van der Waals surface area contributed by atoms with E-state index in [1.165, 1.54) is 24.4 Å². The van der Waals surface area contributed by atoms with Gasteiger partial charge < -0.3 is 10.1 Å². The van der Waals surface area contributed by atoms with Crippen LogP contribution in [0.4, 0.5) is 5.13 Å². The van der Waals surface area contributed by atoms with Gasteiger partial charge >= 0.3 is 0 Å². The first-order chi connectivity index (χ1) is 7.85. The lowest BCUT2D eigenvalue weighted by molar-refractivity contribution is 0.0409. The maximum Gasteiger partial charge on any atom is 0.202 e. The zero-order valence-corrected chi connectivity index (χ0v) is 10.7. The summed E-state index contributed by atoms with van der Waals surface area (Å²) in [5.74, 6) is 1.52. The molecular formula is C11H19N3OS. The molecule has 1 heterocycles. The van der Waals surface area contributed by atoms with Gasteiger partial charge in [0.25, 0.3) is 0 Å². The number of aromatic nitrogens is 2. The Labute approximate surface area is 101 Å². The molecule has 0 radical (unpaired) electrons. The third-order valence-electron chi connectivity index (χ3n) is 2.62. The van der Waals surface area contributed by atoms with Gasteiger partial charge in [-0.2, -0.15) is 4.37 Å². The molecule has 1 fully saturated rings. The van der Waals surface area contributed by atoms with E-state index >= 15 is 0 Å². The minimum Gasteiger partial charge on any atom is -0.370 e. The van der Waals surface area contributed by atoms with Gasteiger partial charge in [0, 0.05) is 24.7 Å².